The van der Waals surface area contributed by atoms with Crippen LogP contribution in [-0.4, -0.2) is 0 Å². The summed E-state index contributed by atoms with van der Waals surface area (Å²) in [6.07, 6.45) is 0. The Morgan fingerprint density at radius 3 is 1.13 bits per heavy atom. The van der Waals surface area contributed by atoms with Crippen molar-refractivity contribution >= 4 is 13.7 Å². The maximum Gasteiger partial charge on any atom is 0.326 e. The van der Waals surface area contributed by atoms with E-state index in [1.807, 2.05) is 0 Å². The van der Waals surface area contributed by atoms with Crippen LogP contribution in [0.4, 0.5) is 0 Å². The molecule has 4 aromatic rings. The van der Waals surface area contributed by atoms with Gasteiger partial charge < -0.3 is 9.05 Å². The second kappa shape index (κ2) is 12.8. The first-order valence-corrected chi connectivity index (χ1v) is 15.4. The van der Waals surface area contributed by atoms with Gasteiger partial charge in [0.05, 0.1) is 5.30 Å². The predicted octanol–water partition coefficient (Wildman–Crippen LogP) is 10.9. The van der Waals surface area contributed by atoms with Crippen LogP contribution in [0.2, 0.25) is 0 Å². The molecular weight excluding hydrogens is 495 g/mol. The van der Waals surface area contributed by atoms with Gasteiger partial charge in [-0.1, -0.05) is 134 Å². The number of hydrogen-bond acceptors (Lipinski definition) is 2. The van der Waals surface area contributed by atoms with E-state index in [-0.39, 0.29) is 0 Å². The van der Waals surface area contributed by atoms with Crippen LogP contribution in [0, 0.1) is 0 Å². The first kappa shape index (κ1) is 28.9. The third-order valence-corrected chi connectivity index (χ3v) is 8.59. The standard InChI is InChI=1S/C36H43O2P/c1-24(2)31-16-12-17-32(25(3)4)35(31)37-39(30-22-20-29(21-23-30)28-14-10-9-11-15-28)38-36-33(26(5)6)18-13-19-34(36)27(7)8/h9-27H,1-8H3. The fourth-order valence-corrected chi connectivity index (χ4v) is 6.27. The fourth-order valence-electron chi connectivity index (χ4n) is 4.87. The van der Waals surface area contributed by atoms with E-state index in [1.165, 1.54) is 33.4 Å². The van der Waals surface area contributed by atoms with Crippen LogP contribution >= 0.6 is 8.38 Å². The summed E-state index contributed by atoms with van der Waals surface area (Å²) >= 11 is 0. The van der Waals surface area contributed by atoms with Gasteiger partial charge in [-0.25, -0.2) is 0 Å². The van der Waals surface area contributed by atoms with Gasteiger partial charge in [0.1, 0.15) is 11.5 Å². The molecule has 0 aromatic heterocycles. The Morgan fingerprint density at radius 1 is 0.410 bits per heavy atom. The topological polar surface area (TPSA) is 18.5 Å². The van der Waals surface area contributed by atoms with Gasteiger partial charge in [-0.3, -0.25) is 0 Å². The zero-order valence-electron chi connectivity index (χ0n) is 24.7. The molecule has 0 aliphatic heterocycles. The number of rotatable bonds is 10. The van der Waals surface area contributed by atoms with Crippen molar-refractivity contribution in [2.45, 2.75) is 79.1 Å². The molecule has 0 bridgehead atoms. The van der Waals surface area contributed by atoms with Gasteiger partial charge in [0, 0.05) is 0 Å². The minimum atomic E-state index is -1.45. The van der Waals surface area contributed by atoms with E-state index >= 15 is 0 Å². The molecule has 0 unspecified atom stereocenters. The van der Waals surface area contributed by atoms with Gasteiger partial charge in [0.2, 0.25) is 0 Å². The second-order valence-corrected chi connectivity index (χ2v) is 12.9. The van der Waals surface area contributed by atoms with Gasteiger partial charge in [0.15, 0.2) is 0 Å². The molecule has 4 rings (SSSR count). The molecule has 0 atom stereocenters. The van der Waals surface area contributed by atoms with E-state index < -0.39 is 8.38 Å². The Balaban J connectivity index is 1.84. The lowest BCUT2D eigenvalue weighted by molar-refractivity contribution is 0.480. The van der Waals surface area contributed by atoms with Crippen molar-refractivity contribution in [2.75, 3.05) is 0 Å². The molecule has 39 heavy (non-hydrogen) atoms. The van der Waals surface area contributed by atoms with E-state index in [0.29, 0.717) is 23.7 Å². The minimum Gasteiger partial charge on any atom is -0.435 e. The van der Waals surface area contributed by atoms with E-state index in [9.17, 15) is 0 Å². The highest BCUT2D eigenvalue weighted by Crippen LogP contribution is 2.48. The van der Waals surface area contributed by atoms with E-state index in [0.717, 1.165) is 16.8 Å². The maximum atomic E-state index is 7.05. The Kier molecular flexibility index (Phi) is 9.52. The lowest BCUT2D eigenvalue weighted by Gasteiger charge is -2.27. The van der Waals surface area contributed by atoms with Crippen LogP contribution in [0.15, 0.2) is 91.0 Å². The lowest BCUT2D eigenvalue weighted by Crippen LogP contribution is -2.14. The van der Waals surface area contributed by atoms with E-state index in [4.69, 9.17) is 9.05 Å². The van der Waals surface area contributed by atoms with Crippen LogP contribution in [0.5, 0.6) is 11.5 Å². The summed E-state index contributed by atoms with van der Waals surface area (Å²) in [5, 5.41) is 1.06. The van der Waals surface area contributed by atoms with Crippen LogP contribution in [0.1, 0.15) is 101 Å². The maximum absolute atomic E-state index is 7.05. The Morgan fingerprint density at radius 2 is 0.769 bits per heavy atom. The zero-order chi connectivity index (χ0) is 28.1. The molecule has 0 fully saturated rings. The lowest BCUT2D eigenvalue weighted by atomic mass is 9.94. The van der Waals surface area contributed by atoms with Crippen molar-refractivity contribution in [1.82, 2.24) is 0 Å². The van der Waals surface area contributed by atoms with Gasteiger partial charge >= 0.3 is 8.38 Å². The molecule has 0 heterocycles. The van der Waals surface area contributed by atoms with Crippen LogP contribution < -0.4 is 14.4 Å². The average Bonchev–Trinajstić information content (AvgIpc) is 2.92. The summed E-state index contributed by atoms with van der Waals surface area (Å²) in [6.45, 7) is 17.8. The highest BCUT2D eigenvalue weighted by Gasteiger charge is 2.27. The molecule has 0 aliphatic carbocycles. The second-order valence-electron chi connectivity index (χ2n) is 11.5. The molecule has 0 aliphatic rings. The average molecular weight is 539 g/mol. The Bertz CT molecular complexity index is 1240. The van der Waals surface area contributed by atoms with Gasteiger partial charge in [0.25, 0.3) is 0 Å². The molecular formula is C36H43O2P. The van der Waals surface area contributed by atoms with Gasteiger partial charge in [-0.15, -0.1) is 0 Å². The third kappa shape index (κ3) is 6.74. The van der Waals surface area contributed by atoms with Crippen LogP contribution in [-0.2, 0) is 0 Å². The number of hydrogen-bond donors (Lipinski definition) is 0. The van der Waals surface area contributed by atoms with Crippen molar-refractivity contribution in [1.29, 1.82) is 0 Å². The van der Waals surface area contributed by atoms with Crippen molar-refractivity contribution < 1.29 is 9.05 Å². The zero-order valence-corrected chi connectivity index (χ0v) is 25.6. The first-order chi connectivity index (χ1) is 18.7. The minimum absolute atomic E-state index is 0.338. The summed E-state index contributed by atoms with van der Waals surface area (Å²) < 4.78 is 14.1. The largest absolute Gasteiger partial charge is 0.435 e. The van der Waals surface area contributed by atoms with E-state index in [2.05, 4.69) is 146 Å². The van der Waals surface area contributed by atoms with Gasteiger partial charge in [-0.2, -0.15) is 0 Å². The quantitative estimate of drug-likeness (QED) is 0.187. The third-order valence-electron chi connectivity index (χ3n) is 7.17. The Labute approximate surface area is 237 Å². The molecule has 0 radical (unpaired) electrons. The van der Waals surface area contributed by atoms with E-state index in [1.54, 1.807) is 0 Å². The molecule has 0 spiro atoms. The molecule has 3 heteroatoms. The van der Waals surface area contributed by atoms with Crippen molar-refractivity contribution in [2.24, 2.45) is 0 Å². The number of benzene rings is 4. The first-order valence-electron chi connectivity index (χ1n) is 14.2. The smallest absolute Gasteiger partial charge is 0.326 e. The normalized spacial score (nSPS) is 11.7. The fraction of sp³-hybridized carbons (Fsp3) is 0.333. The molecule has 2 nitrogen and oxygen atoms in total. The summed E-state index contributed by atoms with van der Waals surface area (Å²) in [6, 6.07) is 32.3. The molecule has 204 valence electrons. The highest BCUT2D eigenvalue weighted by atomic mass is 31.2. The monoisotopic (exact) mass is 538 g/mol. The van der Waals surface area contributed by atoms with Crippen molar-refractivity contribution in [3.63, 3.8) is 0 Å². The molecule has 0 N–H and O–H groups in total. The van der Waals surface area contributed by atoms with Crippen LogP contribution in [0.3, 0.4) is 0 Å². The summed E-state index contributed by atoms with van der Waals surface area (Å²) in [5.41, 5.74) is 7.28. The van der Waals surface area contributed by atoms with Crippen molar-refractivity contribution in [3.8, 4) is 22.6 Å². The summed E-state index contributed by atoms with van der Waals surface area (Å²) in [7, 11) is -1.45. The summed E-state index contributed by atoms with van der Waals surface area (Å²) in [5.74, 6) is 3.29. The predicted molar refractivity (Wildman–Crippen MR) is 169 cm³/mol. The van der Waals surface area contributed by atoms with Crippen LogP contribution in [0.25, 0.3) is 11.1 Å². The highest BCUT2D eigenvalue weighted by molar-refractivity contribution is 7.56. The SMILES string of the molecule is CC(C)c1cccc(C(C)C)c1OP(Oc1c(C(C)C)cccc1C(C)C)c1ccc(-c2ccccc2)cc1. The molecule has 0 amide bonds. The Hall–Kier alpha value is -3.09. The van der Waals surface area contributed by atoms with Crippen molar-refractivity contribution in [3.05, 3.63) is 113 Å². The molecule has 0 saturated carbocycles. The number of para-hydroxylation sites is 2. The molecule has 4 aromatic carbocycles. The summed E-state index contributed by atoms with van der Waals surface area (Å²) in [4.78, 5) is 0. The molecule has 0 saturated heterocycles. The van der Waals surface area contributed by atoms with Gasteiger partial charge in [-0.05, 0) is 69.2 Å².